The van der Waals surface area contributed by atoms with Gasteiger partial charge in [-0.25, -0.2) is 13.6 Å². The van der Waals surface area contributed by atoms with E-state index in [9.17, 15) is 18.0 Å². The Bertz CT molecular complexity index is 765. The van der Waals surface area contributed by atoms with Gasteiger partial charge >= 0.3 is 5.97 Å². The molecule has 0 bridgehead atoms. The van der Waals surface area contributed by atoms with Gasteiger partial charge in [0, 0.05) is 12.1 Å². The molecular formula is C13H14Cl2N2O5S. The number of amides is 1. The number of nitrogens with one attached hydrogen (secondary N) is 1. The number of hydrogen-bond acceptors (Lipinski definition) is 5. The summed E-state index contributed by atoms with van der Waals surface area (Å²) in [6.07, 6.45) is 0.250. The predicted octanol–water partition coefficient (Wildman–Crippen LogP) is 1.40. The van der Waals surface area contributed by atoms with E-state index in [0.29, 0.717) is 0 Å². The number of primary sulfonamides is 1. The molecule has 0 heterocycles. The number of benzene rings is 1. The molecule has 2 rings (SSSR count). The normalized spacial score (nSPS) is 22.3. The van der Waals surface area contributed by atoms with Crippen molar-refractivity contribution in [2.24, 2.45) is 10.6 Å². The molecule has 1 aromatic carbocycles. The second-order valence-corrected chi connectivity index (χ2v) is 8.46. The third-order valence-corrected chi connectivity index (χ3v) is 5.50. The zero-order valence-electron chi connectivity index (χ0n) is 12.0. The number of alkyl halides is 2. The van der Waals surface area contributed by atoms with E-state index in [4.69, 9.17) is 33.1 Å². The van der Waals surface area contributed by atoms with E-state index in [1.165, 1.54) is 24.3 Å². The van der Waals surface area contributed by atoms with Crippen LogP contribution >= 0.6 is 23.2 Å². The average Bonchev–Trinajstić information content (AvgIpc) is 2.95. The van der Waals surface area contributed by atoms with E-state index in [-0.39, 0.29) is 17.0 Å². The highest BCUT2D eigenvalue weighted by Crippen LogP contribution is 2.64. The molecule has 1 saturated carbocycles. The minimum Gasteiger partial charge on any atom is -0.455 e. The van der Waals surface area contributed by atoms with Gasteiger partial charge in [0.2, 0.25) is 10.0 Å². The van der Waals surface area contributed by atoms with Crippen LogP contribution in [-0.4, -0.2) is 31.2 Å². The fraction of sp³-hybridized carbons (Fsp3) is 0.385. The van der Waals surface area contributed by atoms with Crippen LogP contribution in [0.5, 0.6) is 0 Å². The smallest absolute Gasteiger partial charge is 0.315 e. The summed E-state index contributed by atoms with van der Waals surface area (Å²) in [6, 6.07) is 5.38. The molecule has 23 heavy (non-hydrogen) atoms. The highest BCUT2D eigenvalue weighted by atomic mass is 35.5. The van der Waals surface area contributed by atoms with Crippen LogP contribution in [0.4, 0.5) is 5.69 Å². The average molecular weight is 381 g/mol. The fourth-order valence-corrected chi connectivity index (χ4v) is 3.11. The third-order valence-electron chi connectivity index (χ3n) is 3.49. The zero-order chi connectivity index (χ0) is 17.5. The Kier molecular flexibility index (Phi) is 4.64. The molecule has 3 N–H and O–H groups in total. The van der Waals surface area contributed by atoms with Crippen molar-refractivity contribution in [2.75, 3.05) is 11.9 Å². The third kappa shape index (κ3) is 3.95. The van der Waals surface area contributed by atoms with Gasteiger partial charge in [0.05, 0.1) is 4.90 Å². The Morgan fingerprint density at radius 3 is 2.52 bits per heavy atom. The Morgan fingerprint density at radius 1 is 1.39 bits per heavy atom. The molecule has 0 radical (unpaired) electrons. The molecule has 0 aliphatic heterocycles. The molecule has 0 aromatic heterocycles. The van der Waals surface area contributed by atoms with Crippen molar-refractivity contribution in [3.05, 3.63) is 24.3 Å². The summed E-state index contributed by atoms with van der Waals surface area (Å²) in [6.45, 7) is 1.00. The first-order valence-corrected chi connectivity index (χ1v) is 8.74. The number of hydrogen-bond donors (Lipinski definition) is 2. The van der Waals surface area contributed by atoms with E-state index in [1.54, 1.807) is 6.92 Å². The SMILES string of the molecule is C[C@]1(C(=O)OCC(=O)Nc2cccc(S(N)(=O)=O)c2)CC1(Cl)Cl. The molecule has 0 saturated heterocycles. The summed E-state index contributed by atoms with van der Waals surface area (Å²) < 4.78 is 26.2. The molecule has 1 aromatic rings. The predicted molar refractivity (Wildman–Crippen MR) is 84.6 cm³/mol. The Hall–Kier alpha value is -1.35. The number of halogens is 2. The molecule has 1 amide bonds. The number of carbonyl (C=O) groups excluding carboxylic acids is 2. The highest BCUT2D eigenvalue weighted by molar-refractivity contribution is 7.89. The molecule has 1 fully saturated rings. The molecule has 0 spiro atoms. The Morgan fingerprint density at radius 2 is 2.00 bits per heavy atom. The van der Waals surface area contributed by atoms with Crippen molar-refractivity contribution in [3.63, 3.8) is 0 Å². The Labute approximate surface area is 143 Å². The lowest BCUT2D eigenvalue weighted by Crippen LogP contribution is -2.26. The van der Waals surface area contributed by atoms with Crippen molar-refractivity contribution in [1.29, 1.82) is 0 Å². The summed E-state index contributed by atoms with van der Waals surface area (Å²) in [4.78, 5) is 23.4. The van der Waals surface area contributed by atoms with Gasteiger partial charge in [0.15, 0.2) is 6.61 Å². The molecule has 1 atom stereocenters. The maximum absolute atomic E-state index is 11.8. The summed E-state index contributed by atoms with van der Waals surface area (Å²) in [5, 5.41) is 7.40. The first-order valence-electron chi connectivity index (χ1n) is 6.43. The molecule has 0 unspecified atom stereocenters. The summed E-state index contributed by atoms with van der Waals surface area (Å²) in [7, 11) is -3.88. The minimum atomic E-state index is -3.88. The van der Waals surface area contributed by atoms with E-state index >= 15 is 0 Å². The van der Waals surface area contributed by atoms with Crippen molar-refractivity contribution in [3.8, 4) is 0 Å². The quantitative estimate of drug-likeness (QED) is 0.591. The molecule has 1 aliphatic rings. The summed E-state index contributed by atoms with van der Waals surface area (Å²) in [5.74, 6) is -1.31. The minimum absolute atomic E-state index is 0.146. The lowest BCUT2D eigenvalue weighted by Gasteiger charge is -2.12. The molecule has 7 nitrogen and oxygen atoms in total. The standard InChI is InChI=1S/C13H14Cl2N2O5S/c1-12(7-13(12,14)15)11(19)22-6-10(18)17-8-3-2-4-9(5-8)23(16,20)21/h2-5H,6-7H2,1H3,(H,17,18)(H2,16,20,21)/t12-/m1/s1. The monoisotopic (exact) mass is 380 g/mol. The second-order valence-electron chi connectivity index (χ2n) is 5.41. The molecule has 126 valence electrons. The van der Waals surface area contributed by atoms with Gasteiger partial charge in [0.25, 0.3) is 5.91 Å². The summed E-state index contributed by atoms with van der Waals surface area (Å²) >= 11 is 11.7. The van der Waals surface area contributed by atoms with Crippen molar-refractivity contribution >= 4 is 50.8 Å². The highest BCUT2D eigenvalue weighted by Gasteiger charge is 2.69. The van der Waals surface area contributed by atoms with E-state index in [2.05, 4.69) is 5.32 Å². The number of nitrogens with two attached hydrogens (primary N) is 1. The van der Waals surface area contributed by atoms with Gasteiger partial charge in [-0.1, -0.05) is 6.07 Å². The number of ether oxygens (including phenoxy) is 1. The van der Waals surface area contributed by atoms with E-state index in [1.807, 2.05) is 0 Å². The lowest BCUT2D eigenvalue weighted by atomic mass is 10.1. The zero-order valence-corrected chi connectivity index (χ0v) is 14.3. The number of anilines is 1. The fourth-order valence-electron chi connectivity index (χ4n) is 1.86. The first-order chi connectivity index (χ1) is 10.5. The largest absolute Gasteiger partial charge is 0.455 e. The van der Waals surface area contributed by atoms with Crippen LogP contribution in [0.15, 0.2) is 29.2 Å². The maximum Gasteiger partial charge on any atom is 0.315 e. The van der Waals surface area contributed by atoms with Gasteiger partial charge in [-0.15, -0.1) is 23.2 Å². The molecule has 1 aliphatic carbocycles. The number of carbonyl (C=O) groups is 2. The van der Waals surface area contributed by atoms with Crippen molar-refractivity contribution < 1.29 is 22.7 Å². The van der Waals surface area contributed by atoms with Crippen molar-refractivity contribution in [1.82, 2.24) is 0 Å². The van der Waals surface area contributed by atoms with Crippen molar-refractivity contribution in [2.45, 2.75) is 22.6 Å². The van der Waals surface area contributed by atoms with E-state index < -0.39 is 38.3 Å². The Balaban J connectivity index is 1.92. The van der Waals surface area contributed by atoms with Crippen LogP contribution in [0.2, 0.25) is 0 Å². The van der Waals surface area contributed by atoms with Gasteiger partial charge < -0.3 is 10.1 Å². The second kappa shape index (κ2) is 5.94. The van der Waals surface area contributed by atoms with Crippen LogP contribution in [-0.2, 0) is 24.3 Å². The maximum atomic E-state index is 11.8. The summed E-state index contributed by atoms with van der Waals surface area (Å²) in [5.41, 5.74) is -0.816. The van der Waals surface area contributed by atoms with Crippen LogP contribution in [0, 0.1) is 5.41 Å². The molecule has 10 heteroatoms. The molecular weight excluding hydrogens is 367 g/mol. The number of rotatable bonds is 5. The lowest BCUT2D eigenvalue weighted by molar-refractivity contribution is -0.152. The van der Waals surface area contributed by atoms with Crippen LogP contribution in [0.25, 0.3) is 0 Å². The van der Waals surface area contributed by atoms with Crippen LogP contribution in [0.3, 0.4) is 0 Å². The topological polar surface area (TPSA) is 116 Å². The number of esters is 1. The van der Waals surface area contributed by atoms with Gasteiger partial charge in [-0.05, 0) is 25.1 Å². The van der Waals surface area contributed by atoms with Crippen LogP contribution in [0.1, 0.15) is 13.3 Å². The van der Waals surface area contributed by atoms with E-state index in [0.717, 1.165) is 0 Å². The first kappa shape index (κ1) is 18.0. The van der Waals surface area contributed by atoms with Gasteiger partial charge in [-0.3, -0.25) is 9.59 Å². The number of sulfonamides is 1. The van der Waals surface area contributed by atoms with Crippen LogP contribution < -0.4 is 10.5 Å². The van der Waals surface area contributed by atoms with Gasteiger partial charge in [-0.2, -0.15) is 0 Å². The van der Waals surface area contributed by atoms with Gasteiger partial charge in [0.1, 0.15) is 9.75 Å².